The fraction of sp³-hybridized carbons (Fsp3) is 0.143. The molecule has 7 heteroatoms. The zero-order chi connectivity index (χ0) is 19.5. The van der Waals surface area contributed by atoms with Crippen molar-refractivity contribution in [1.82, 2.24) is 9.55 Å². The molecule has 0 amide bonds. The molecule has 1 unspecified atom stereocenters. The van der Waals surface area contributed by atoms with Gasteiger partial charge in [0, 0.05) is 9.35 Å². The van der Waals surface area contributed by atoms with Gasteiger partial charge in [-0.15, -0.1) is 11.3 Å². The van der Waals surface area contributed by atoms with Gasteiger partial charge in [-0.2, -0.15) is 0 Å². The third-order valence-electron chi connectivity index (χ3n) is 4.24. The van der Waals surface area contributed by atoms with Gasteiger partial charge in [-0.3, -0.25) is 9.36 Å². The zero-order valence-corrected chi connectivity index (χ0v) is 17.2. The van der Waals surface area contributed by atoms with E-state index in [0.29, 0.717) is 16.0 Å². The number of aliphatic hydroxyl groups is 1. The van der Waals surface area contributed by atoms with Crippen molar-refractivity contribution in [3.63, 3.8) is 0 Å². The summed E-state index contributed by atoms with van der Waals surface area (Å²) in [6, 6.07) is 19.1. The molecular weight excluding hydrogens is 440 g/mol. The van der Waals surface area contributed by atoms with Crippen LogP contribution in [0.3, 0.4) is 0 Å². The van der Waals surface area contributed by atoms with Gasteiger partial charge in [-0.1, -0.05) is 46.3 Å². The van der Waals surface area contributed by atoms with Crippen LogP contribution in [-0.2, 0) is 6.54 Å². The Morgan fingerprint density at radius 3 is 2.64 bits per heavy atom. The van der Waals surface area contributed by atoms with Crippen LogP contribution in [0, 0.1) is 0 Å². The molecule has 0 saturated carbocycles. The average molecular weight is 457 g/mol. The Kier molecular flexibility index (Phi) is 5.57. The summed E-state index contributed by atoms with van der Waals surface area (Å²) in [5.74, 6) is 0.661. The second kappa shape index (κ2) is 8.26. The number of fused-ring (bicyclic) bond motifs is 1. The first-order chi connectivity index (χ1) is 13.6. The van der Waals surface area contributed by atoms with E-state index in [1.165, 1.54) is 22.2 Å². The lowest BCUT2D eigenvalue weighted by molar-refractivity contribution is 0.0915. The number of ether oxygens (including phenoxy) is 1. The highest BCUT2D eigenvalue weighted by atomic mass is 79.9. The van der Waals surface area contributed by atoms with Crippen molar-refractivity contribution in [3.8, 4) is 16.2 Å². The monoisotopic (exact) mass is 456 g/mol. The number of benzene rings is 2. The van der Waals surface area contributed by atoms with Crippen LogP contribution in [0.4, 0.5) is 0 Å². The highest BCUT2D eigenvalue weighted by molar-refractivity contribution is 9.10. The van der Waals surface area contributed by atoms with E-state index in [-0.39, 0.29) is 18.7 Å². The van der Waals surface area contributed by atoms with Gasteiger partial charge >= 0.3 is 0 Å². The van der Waals surface area contributed by atoms with Crippen LogP contribution < -0.4 is 10.3 Å². The van der Waals surface area contributed by atoms with Crippen molar-refractivity contribution in [2.75, 3.05) is 6.61 Å². The molecular formula is C21H17BrN2O3S. The third kappa shape index (κ3) is 4.16. The summed E-state index contributed by atoms with van der Waals surface area (Å²) in [4.78, 5) is 18.9. The summed E-state index contributed by atoms with van der Waals surface area (Å²) in [5.41, 5.74) is 0.894. The molecule has 0 saturated heterocycles. The first kappa shape index (κ1) is 18.9. The van der Waals surface area contributed by atoms with Crippen molar-refractivity contribution < 1.29 is 9.84 Å². The van der Waals surface area contributed by atoms with Crippen molar-refractivity contribution >= 4 is 37.5 Å². The smallest absolute Gasteiger partial charge is 0.262 e. The fourth-order valence-corrected chi connectivity index (χ4v) is 4.10. The molecule has 28 heavy (non-hydrogen) atoms. The quantitative estimate of drug-likeness (QED) is 0.468. The van der Waals surface area contributed by atoms with Crippen LogP contribution in [0.5, 0.6) is 5.75 Å². The molecule has 0 spiro atoms. The van der Waals surface area contributed by atoms with Crippen LogP contribution in [-0.4, -0.2) is 27.4 Å². The summed E-state index contributed by atoms with van der Waals surface area (Å²) in [6.45, 7) is 0.208. The van der Waals surface area contributed by atoms with Gasteiger partial charge in [0.2, 0.25) is 0 Å². The van der Waals surface area contributed by atoms with Gasteiger partial charge in [-0.05, 0) is 35.9 Å². The molecule has 2 aromatic heterocycles. The Morgan fingerprint density at radius 2 is 1.89 bits per heavy atom. The molecule has 142 valence electrons. The minimum atomic E-state index is -0.826. The maximum Gasteiger partial charge on any atom is 0.262 e. The van der Waals surface area contributed by atoms with Crippen LogP contribution in [0.1, 0.15) is 0 Å². The van der Waals surface area contributed by atoms with Crippen molar-refractivity contribution in [2.24, 2.45) is 0 Å². The number of aliphatic hydroxyl groups excluding tert-OH is 1. The Bertz CT molecular complexity index is 1140. The van der Waals surface area contributed by atoms with Crippen molar-refractivity contribution in [2.45, 2.75) is 12.6 Å². The lowest BCUT2D eigenvalue weighted by Gasteiger charge is -2.13. The van der Waals surface area contributed by atoms with Crippen molar-refractivity contribution in [1.29, 1.82) is 0 Å². The summed E-state index contributed by atoms with van der Waals surface area (Å²) < 4.78 is 7.97. The van der Waals surface area contributed by atoms with E-state index in [2.05, 4.69) is 20.9 Å². The summed E-state index contributed by atoms with van der Waals surface area (Å²) in [5, 5.41) is 10.8. The molecule has 4 rings (SSSR count). The lowest BCUT2D eigenvalue weighted by Crippen LogP contribution is -2.30. The summed E-state index contributed by atoms with van der Waals surface area (Å²) in [7, 11) is 0. The third-order valence-corrected chi connectivity index (χ3v) is 5.86. The second-order valence-corrected chi connectivity index (χ2v) is 8.26. The average Bonchev–Trinajstić information content (AvgIpc) is 3.16. The van der Waals surface area contributed by atoms with Gasteiger partial charge in [0.25, 0.3) is 5.56 Å². The molecule has 4 aromatic rings. The van der Waals surface area contributed by atoms with E-state index < -0.39 is 6.10 Å². The van der Waals surface area contributed by atoms with Gasteiger partial charge in [0.1, 0.15) is 23.3 Å². The number of hydrogen-bond donors (Lipinski definition) is 1. The summed E-state index contributed by atoms with van der Waals surface area (Å²) >= 11 is 4.85. The van der Waals surface area contributed by atoms with Gasteiger partial charge in [0.15, 0.2) is 0 Å². The molecule has 2 heterocycles. The Hall–Kier alpha value is -2.48. The molecule has 5 nitrogen and oxygen atoms in total. The highest BCUT2D eigenvalue weighted by Crippen LogP contribution is 2.30. The standard InChI is InChI=1S/C21H17BrN2O3S/c22-15-6-8-17(9-7-15)27-12-16(25)11-24-13-23-20-18(21(24)26)10-19(28-20)14-4-2-1-3-5-14/h1-10,13,16,25H,11-12H2. The number of rotatable bonds is 6. The van der Waals surface area contributed by atoms with E-state index in [9.17, 15) is 9.90 Å². The molecule has 0 radical (unpaired) electrons. The molecule has 2 aromatic carbocycles. The summed E-state index contributed by atoms with van der Waals surface area (Å²) in [6.07, 6.45) is 0.659. The van der Waals surface area contributed by atoms with Gasteiger partial charge in [0.05, 0.1) is 18.3 Å². The Labute approximate surface area is 174 Å². The lowest BCUT2D eigenvalue weighted by atomic mass is 10.2. The number of nitrogens with zero attached hydrogens (tertiary/aromatic N) is 2. The number of thiophene rings is 1. The highest BCUT2D eigenvalue weighted by Gasteiger charge is 2.13. The van der Waals surface area contributed by atoms with Crippen molar-refractivity contribution in [3.05, 3.63) is 81.8 Å². The molecule has 1 atom stereocenters. The minimum Gasteiger partial charge on any atom is -0.491 e. The first-order valence-corrected chi connectivity index (χ1v) is 10.3. The number of halogens is 1. The van der Waals surface area contributed by atoms with Crippen LogP contribution >= 0.6 is 27.3 Å². The SMILES string of the molecule is O=c1c2cc(-c3ccccc3)sc2ncn1CC(O)COc1ccc(Br)cc1. The molecule has 0 aliphatic carbocycles. The van der Waals surface area contributed by atoms with E-state index >= 15 is 0 Å². The Balaban J connectivity index is 1.50. The minimum absolute atomic E-state index is 0.0883. The Morgan fingerprint density at radius 1 is 1.14 bits per heavy atom. The van der Waals surface area contributed by atoms with E-state index in [0.717, 1.165) is 14.9 Å². The number of hydrogen-bond acceptors (Lipinski definition) is 5. The van der Waals surface area contributed by atoms with E-state index in [1.807, 2.05) is 60.7 Å². The van der Waals surface area contributed by atoms with Crippen LogP contribution in [0.2, 0.25) is 0 Å². The predicted molar refractivity (Wildman–Crippen MR) is 115 cm³/mol. The predicted octanol–water partition coefficient (Wildman–Crippen LogP) is 4.33. The van der Waals surface area contributed by atoms with Gasteiger partial charge < -0.3 is 9.84 Å². The van der Waals surface area contributed by atoms with Crippen LogP contribution in [0.15, 0.2) is 76.3 Å². The normalized spacial score (nSPS) is 12.2. The maximum atomic E-state index is 12.8. The van der Waals surface area contributed by atoms with E-state index in [1.54, 1.807) is 0 Å². The fourth-order valence-electron chi connectivity index (χ4n) is 2.84. The largest absolute Gasteiger partial charge is 0.491 e. The second-order valence-electron chi connectivity index (χ2n) is 6.32. The molecule has 0 aliphatic heterocycles. The van der Waals surface area contributed by atoms with E-state index in [4.69, 9.17) is 4.74 Å². The molecule has 1 N–H and O–H groups in total. The topological polar surface area (TPSA) is 64.4 Å². The molecule has 0 bridgehead atoms. The zero-order valence-electron chi connectivity index (χ0n) is 14.8. The van der Waals surface area contributed by atoms with Crippen LogP contribution in [0.25, 0.3) is 20.7 Å². The first-order valence-electron chi connectivity index (χ1n) is 8.71. The molecule has 0 aliphatic rings. The number of aromatic nitrogens is 2. The maximum absolute atomic E-state index is 12.8. The van der Waals surface area contributed by atoms with Gasteiger partial charge in [-0.25, -0.2) is 4.98 Å². The molecule has 0 fully saturated rings.